The number of hydrogen-bond donors (Lipinski definition) is 3. The Hall–Kier alpha value is -2.37. The second-order valence-corrected chi connectivity index (χ2v) is 7.77. The van der Waals surface area contributed by atoms with Crippen molar-refractivity contribution >= 4 is 29.0 Å². The largest absolute Gasteiger partial charge is 0.366 e. The van der Waals surface area contributed by atoms with Gasteiger partial charge in [0.2, 0.25) is 0 Å². The van der Waals surface area contributed by atoms with Gasteiger partial charge in [-0.1, -0.05) is 35.9 Å². The lowest BCUT2D eigenvalue weighted by Crippen LogP contribution is -2.49. The van der Waals surface area contributed by atoms with Gasteiger partial charge in [0, 0.05) is 10.4 Å². The molecule has 140 valence electrons. The van der Waals surface area contributed by atoms with Crippen LogP contribution >= 0.6 is 11.6 Å². The highest BCUT2D eigenvalue weighted by Gasteiger charge is 2.41. The number of amidine groups is 1. The number of aliphatic imine (C=N–C) groups is 1. The topological polar surface area (TPSA) is 79.5 Å². The maximum absolute atomic E-state index is 11.9. The molecule has 0 atom stereocenters. The second-order valence-electron chi connectivity index (χ2n) is 7.33. The molecule has 2 aromatic carbocycles. The van der Waals surface area contributed by atoms with Crippen LogP contribution in [0.15, 0.2) is 47.5 Å². The first kappa shape index (κ1) is 18.0. The van der Waals surface area contributed by atoms with E-state index in [0.29, 0.717) is 17.1 Å². The lowest BCUT2D eigenvalue weighted by molar-refractivity contribution is 0.100. The van der Waals surface area contributed by atoms with Crippen molar-refractivity contribution < 1.29 is 4.79 Å². The maximum atomic E-state index is 11.9. The molecule has 0 bridgehead atoms. The highest BCUT2D eigenvalue weighted by atomic mass is 35.5. The highest BCUT2D eigenvalue weighted by molar-refractivity contribution is 6.30. The Morgan fingerprint density at radius 3 is 2.70 bits per heavy atom. The molecule has 1 amide bonds. The fourth-order valence-corrected chi connectivity index (χ4v) is 4.34. The van der Waals surface area contributed by atoms with Crippen molar-refractivity contribution in [1.29, 1.82) is 0 Å². The zero-order chi connectivity index (χ0) is 18.9. The lowest BCUT2D eigenvalue weighted by atomic mass is 9.70. The summed E-state index contributed by atoms with van der Waals surface area (Å²) in [5.41, 5.74) is 9.08. The first-order valence-corrected chi connectivity index (χ1v) is 9.64. The van der Waals surface area contributed by atoms with E-state index in [2.05, 4.69) is 16.7 Å². The van der Waals surface area contributed by atoms with E-state index < -0.39 is 5.91 Å². The smallest absolute Gasteiger partial charge is 0.250 e. The molecule has 0 saturated carbocycles. The number of carbonyl (C=O) groups is 1. The van der Waals surface area contributed by atoms with Crippen molar-refractivity contribution in [2.45, 2.75) is 25.8 Å². The van der Waals surface area contributed by atoms with E-state index in [1.165, 1.54) is 0 Å². The zero-order valence-electron chi connectivity index (χ0n) is 15.1. The van der Waals surface area contributed by atoms with Crippen molar-refractivity contribution in [2.24, 2.45) is 16.1 Å². The molecule has 1 spiro atoms. The number of carbonyl (C=O) groups excluding carboxylic acids is 1. The molecule has 0 aromatic heterocycles. The van der Waals surface area contributed by atoms with Crippen LogP contribution in [-0.4, -0.2) is 24.8 Å². The molecule has 2 heterocycles. The molecule has 0 unspecified atom stereocenters. The number of halogens is 1. The summed E-state index contributed by atoms with van der Waals surface area (Å²) in [4.78, 5) is 16.8. The quantitative estimate of drug-likeness (QED) is 0.761. The first-order chi connectivity index (χ1) is 13.1. The van der Waals surface area contributed by atoms with E-state index >= 15 is 0 Å². The molecule has 4 rings (SSSR count). The summed E-state index contributed by atoms with van der Waals surface area (Å²) in [5.74, 6) is 0.528. The Labute approximate surface area is 164 Å². The van der Waals surface area contributed by atoms with Gasteiger partial charge in [0.15, 0.2) is 0 Å². The monoisotopic (exact) mass is 382 g/mol. The van der Waals surface area contributed by atoms with Gasteiger partial charge in [-0.15, -0.1) is 0 Å². The van der Waals surface area contributed by atoms with E-state index in [0.717, 1.165) is 55.0 Å². The van der Waals surface area contributed by atoms with Gasteiger partial charge in [0.1, 0.15) is 5.84 Å². The highest BCUT2D eigenvalue weighted by Crippen LogP contribution is 2.42. The fourth-order valence-electron chi connectivity index (χ4n) is 4.13. The van der Waals surface area contributed by atoms with Crippen molar-refractivity contribution in [1.82, 2.24) is 5.32 Å². The van der Waals surface area contributed by atoms with Gasteiger partial charge < -0.3 is 16.4 Å². The summed E-state index contributed by atoms with van der Waals surface area (Å²) < 4.78 is 0. The summed E-state index contributed by atoms with van der Waals surface area (Å²) in [6.45, 7) is 2.47. The molecule has 6 heteroatoms. The Kier molecular flexibility index (Phi) is 4.89. The summed E-state index contributed by atoms with van der Waals surface area (Å²) in [5, 5.41) is 7.63. The average Bonchev–Trinajstić information content (AvgIpc) is 2.66. The van der Waals surface area contributed by atoms with E-state index in [-0.39, 0.29) is 5.41 Å². The number of nitrogens with zero attached hydrogens (tertiary/aromatic N) is 1. The second kappa shape index (κ2) is 7.33. The molecular formula is C21H23ClN4O. The molecule has 4 N–H and O–H groups in total. The number of hydrogen-bond acceptors (Lipinski definition) is 3. The van der Waals surface area contributed by atoms with Gasteiger partial charge in [-0.3, -0.25) is 9.79 Å². The van der Waals surface area contributed by atoms with Gasteiger partial charge in [-0.25, -0.2) is 0 Å². The van der Waals surface area contributed by atoms with Crippen molar-refractivity contribution in [3.63, 3.8) is 0 Å². The summed E-state index contributed by atoms with van der Waals surface area (Å²) >= 11 is 6.11. The Morgan fingerprint density at radius 2 is 1.96 bits per heavy atom. The number of para-hydroxylation sites is 1. The number of nitrogens with one attached hydrogen (secondary N) is 2. The SMILES string of the molecule is NC(=O)c1cccc2c1NC(=NCc1cccc(Cl)c1)C1(CCNCC1)C2. The van der Waals surface area contributed by atoms with E-state index in [9.17, 15) is 4.79 Å². The van der Waals surface area contributed by atoms with Crippen LogP contribution in [0.3, 0.4) is 0 Å². The van der Waals surface area contributed by atoms with Gasteiger partial charge in [0.05, 0.1) is 17.8 Å². The fraction of sp³-hybridized carbons (Fsp3) is 0.333. The van der Waals surface area contributed by atoms with Crippen LogP contribution in [0.25, 0.3) is 0 Å². The van der Waals surface area contributed by atoms with Crippen molar-refractivity contribution in [3.8, 4) is 0 Å². The van der Waals surface area contributed by atoms with E-state index in [1.807, 2.05) is 30.3 Å². The van der Waals surface area contributed by atoms with Crippen LogP contribution in [-0.2, 0) is 13.0 Å². The molecule has 2 aliphatic rings. The summed E-state index contributed by atoms with van der Waals surface area (Å²) in [6.07, 6.45) is 2.88. The third kappa shape index (κ3) is 3.57. The minimum atomic E-state index is -0.421. The predicted molar refractivity (Wildman–Crippen MR) is 109 cm³/mol. The number of anilines is 1. The van der Waals surface area contributed by atoms with Crippen LogP contribution in [0, 0.1) is 5.41 Å². The molecular weight excluding hydrogens is 360 g/mol. The third-order valence-electron chi connectivity index (χ3n) is 5.56. The molecule has 1 saturated heterocycles. The molecule has 27 heavy (non-hydrogen) atoms. The predicted octanol–water partition coefficient (Wildman–Crippen LogP) is 3.38. The van der Waals surface area contributed by atoms with E-state index in [1.54, 1.807) is 6.07 Å². The molecule has 1 fully saturated rings. The Balaban J connectivity index is 1.73. The maximum Gasteiger partial charge on any atom is 0.250 e. The van der Waals surface area contributed by atoms with E-state index in [4.69, 9.17) is 22.3 Å². The summed E-state index contributed by atoms with van der Waals surface area (Å²) in [7, 11) is 0. The third-order valence-corrected chi connectivity index (χ3v) is 5.80. The van der Waals surface area contributed by atoms with Gasteiger partial charge in [-0.2, -0.15) is 0 Å². The minimum Gasteiger partial charge on any atom is -0.366 e. The number of amides is 1. The van der Waals surface area contributed by atoms with Gasteiger partial charge >= 0.3 is 0 Å². The van der Waals surface area contributed by atoms with Crippen LogP contribution in [0.4, 0.5) is 5.69 Å². The number of nitrogens with two attached hydrogens (primary N) is 1. The number of piperidine rings is 1. The van der Waals surface area contributed by atoms with Crippen molar-refractivity contribution in [2.75, 3.05) is 18.4 Å². The number of rotatable bonds is 3. The number of benzene rings is 2. The zero-order valence-corrected chi connectivity index (χ0v) is 15.9. The number of fused-ring (bicyclic) bond motifs is 1. The Morgan fingerprint density at radius 1 is 1.19 bits per heavy atom. The molecule has 0 aliphatic carbocycles. The molecule has 0 radical (unpaired) electrons. The molecule has 2 aromatic rings. The van der Waals surface area contributed by atoms with Crippen molar-refractivity contribution in [3.05, 3.63) is 64.2 Å². The lowest BCUT2D eigenvalue weighted by Gasteiger charge is -2.43. The Bertz CT molecular complexity index is 903. The summed E-state index contributed by atoms with van der Waals surface area (Å²) in [6, 6.07) is 13.5. The first-order valence-electron chi connectivity index (χ1n) is 9.26. The average molecular weight is 383 g/mol. The number of primary amides is 1. The molecule has 2 aliphatic heterocycles. The van der Waals surface area contributed by atoms with Gasteiger partial charge in [0.25, 0.3) is 5.91 Å². The van der Waals surface area contributed by atoms with Crippen LogP contribution in [0.2, 0.25) is 5.02 Å². The minimum absolute atomic E-state index is 0.0346. The normalized spacial score (nSPS) is 19.5. The van der Waals surface area contributed by atoms with Crippen LogP contribution < -0.4 is 16.4 Å². The van der Waals surface area contributed by atoms with Gasteiger partial charge in [-0.05, 0) is 61.7 Å². The standard InChI is InChI=1S/C21H23ClN4O/c22-16-5-1-3-14(11-16)13-25-20-21(7-9-24-10-8-21)12-15-4-2-6-17(19(23)27)18(15)26-20/h1-6,11,24H,7-10,12-13H2,(H2,23,27)(H,25,26). The van der Waals surface area contributed by atoms with Crippen LogP contribution in [0.5, 0.6) is 0 Å². The molecule has 5 nitrogen and oxygen atoms in total. The van der Waals surface area contributed by atoms with Crippen LogP contribution in [0.1, 0.15) is 34.3 Å².